The number of hydrogen-bond acceptors (Lipinski definition) is 3. The highest BCUT2D eigenvalue weighted by Crippen LogP contribution is 2.09. The van der Waals surface area contributed by atoms with Crippen molar-refractivity contribution in [2.24, 2.45) is 0 Å². The van der Waals surface area contributed by atoms with Gasteiger partial charge >= 0.3 is 0 Å². The van der Waals surface area contributed by atoms with Crippen LogP contribution in [0.4, 0.5) is 0 Å². The van der Waals surface area contributed by atoms with Crippen LogP contribution in [-0.4, -0.2) is 48.8 Å². The number of hydrazine groups is 1. The van der Waals surface area contributed by atoms with E-state index in [1.807, 2.05) is 6.92 Å². The summed E-state index contributed by atoms with van der Waals surface area (Å²) in [6.45, 7) is 5.59. The van der Waals surface area contributed by atoms with E-state index >= 15 is 0 Å². The van der Waals surface area contributed by atoms with Crippen LogP contribution in [0.25, 0.3) is 0 Å². The van der Waals surface area contributed by atoms with Crippen LogP contribution < -0.4 is 0 Å². The lowest BCUT2D eigenvalue weighted by Gasteiger charge is -2.36. The van der Waals surface area contributed by atoms with Gasteiger partial charge in [-0.1, -0.05) is 12.1 Å². The second-order valence-corrected chi connectivity index (χ2v) is 3.88. The van der Waals surface area contributed by atoms with Crippen LogP contribution in [-0.2, 0) is 4.74 Å². The average Bonchev–Trinajstić information content (AvgIpc) is 2.42. The highest BCUT2D eigenvalue weighted by atomic mass is 16.5. The Kier molecular flexibility index (Phi) is 4.12. The van der Waals surface area contributed by atoms with Crippen LogP contribution in [0.15, 0.2) is 24.3 Å². The summed E-state index contributed by atoms with van der Waals surface area (Å²) >= 11 is 0. The third kappa shape index (κ3) is 2.84. The van der Waals surface area contributed by atoms with Crippen LogP contribution in [0.3, 0.4) is 0 Å². The fraction of sp³-hybridized carbons (Fsp3) is 0.462. The lowest BCUT2D eigenvalue weighted by atomic mass is 10.2. The smallest absolute Gasteiger partial charge is 0.268 e. The Balaban J connectivity index is 2.09. The summed E-state index contributed by atoms with van der Waals surface area (Å²) in [4.78, 5) is 12.3. The van der Waals surface area contributed by atoms with E-state index in [2.05, 4.69) is 11.1 Å². The van der Waals surface area contributed by atoms with Crippen LogP contribution in [0, 0.1) is 6.07 Å². The summed E-state index contributed by atoms with van der Waals surface area (Å²) < 4.78 is 5.30. The maximum absolute atomic E-state index is 12.3. The molecule has 1 radical (unpaired) electrons. The summed E-state index contributed by atoms with van der Waals surface area (Å²) in [5.41, 5.74) is 0.706. The SMILES string of the molecule is CCN(C(=O)c1cc[c]cc1)N1CCOCC1. The Bertz CT molecular complexity index is 361. The molecule has 1 fully saturated rings. The number of carbonyl (C=O) groups excluding carboxylic acids is 1. The number of amides is 1. The third-order valence-corrected chi connectivity index (χ3v) is 2.83. The summed E-state index contributed by atoms with van der Waals surface area (Å²) in [6.07, 6.45) is 0. The van der Waals surface area contributed by atoms with E-state index in [1.54, 1.807) is 29.3 Å². The van der Waals surface area contributed by atoms with Crippen molar-refractivity contribution < 1.29 is 9.53 Å². The van der Waals surface area contributed by atoms with Crippen molar-refractivity contribution in [2.75, 3.05) is 32.8 Å². The van der Waals surface area contributed by atoms with Gasteiger partial charge in [-0.3, -0.25) is 9.80 Å². The normalized spacial score (nSPS) is 16.8. The molecular formula is C13H17N2O2. The maximum atomic E-state index is 12.3. The van der Waals surface area contributed by atoms with Crippen molar-refractivity contribution in [2.45, 2.75) is 6.92 Å². The first-order chi connectivity index (χ1) is 8.33. The molecule has 2 rings (SSSR count). The van der Waals surface area contributed by atoms with Gasteiger partial charge in [0.15, 0.2) is 0 Å². The molecule has 1 aliphatic heterocycles. The molecule has 1 amide bonds. The Morgan fingerprint density at radius 3 is 2.65 bits per heavy atom. The van der Waals surface area contributed by atoms with Gasteiger partial charge in [0.25, 0.3) is 5.91 Å². The second-order valence-electron chi connectivity index (χ2n) is 3.88. The standard InChI is InChI=1S/C13H17N2O2/c1-2-15(14-8-10-17-11-9-14)13(16)12-6-4-3-5-7-12/h4-7H,2,8-11H2,1H3. The molecule has 4 nitrogen and oxygen atoms in total. The van der Waals surface area contributed by atoms with E-state index in [0.29, 0.717) is 25.3 Å². The summed E-state index contributed by atoms with van der Waals surface area (Å²) in [5, 5.41) is 3.85. The van der Waals surface area contributed by atoms with Crippen LogP contribution in [0.5, 0.6) is 0 Å². The van der Waals surface area contributed by atoms with Crippen LogP contribution >= 0.6 is 0 Å². The first-order valence-electron chi connectivity index (χ1n) is 5.93. The topological polar surface area (TPSA) is 32.8 Å². The monoisotopic (exact) mass is 233 g/mol. The van der Waals surface area contributed by atoms with E-state index in [0.717, 1.165) is 13.1 Å². The Labute approximate surface area is 102 Å². The lowest BCUT2D eigenvalue weighted by molar-refractivity contribution is -0.0675. The van der Waals surface area contributed by atoms with E-state index < -0.39 is 0 Å². The predicted octanol–water partition coefficient (Wildman–Crippen LogP) is 1.20. The minimum absolute atomic E-state index is 0.0448. The van der Waals surface area contributed by atoms with Crippen molar-refractivity contribution in [3.63, 3.8) is 0 Å². The van der Waals surface area contributed by atoms with Gasteiger partial charge in [0.05, 0.1) is 13.2 Å². The van der Waals surface area contributed by atoms with Crippen molar-refractivity contribution in [3.05, 3.63) is 35.9 Å². The molecular weight excluding hydrogens is 216 g/mol. The van der Waals surface area contributed by atoms with E-state index in [9.17, 15) is 4.79 Å². The average molecular weight is 233 g/mol. The number of carbonyl (C=O) groups is 1. The largest absolute Gasteiger partial charge is 0.379 e. The Morgan fingerprint density at radius 2 is 2.06 bits per heavy atom. The van der Waals surface area contributed by atoms with E-state index in [4.69, 9.17) is 4.74 Å². The Hall–Kier alpha value is -1.39. The van der Waals surface area contributed by atoms with Gasteiger partial charge in [-0.15, -0.1) is 0 Å². The fourth-order valence-corrected chi connectivity index (χ4v) is 1.95. The molecule has 0 unspecified atom stereocenters. The number of hydrogen-bond donors (Lipinski definition) is 0. The Morgan fingerprint density at radius 1 is 1.41 bits per heavy atom. The van der Waals surface area contributed by atoms with Crippen LogP contribution in [0.1, 0.15) is 17.3 Å². The molecule has 1 aromatic carbocycles. The summed E-state index contributed by atoms with van der Waals surface area (Å²) in [7, 11) is 0. The zero-order valence-electron chi connectivity index (χ0n) is 10.1. The molecule has 1 heterocycles. The molecule has 0 aliphatic carbocycles. The molecule has 0 atom stereocenters. The fourth-order valence-electron chi connectivity index (χ4n) is 1.95. The highest BCUT2D eigenvalue weighted by Gasteiger charge is 2.22. The molecule has 1 saturated heterocycles. The van der Waals surface area contributed by atoms with Gasteiger partial charge < -0.3 is 4.74 Å². The molecule has 0 bridgehead atoms. The third-order valence-electron chi connectivity index (χ3n) is 2.83. The van der Waals surface area contributed by atoms with Gasteiger partial charge in [-0.2, -0.15) is 0 Å². The molecule has 91 valence electrons. The van der Waals surface area contributed by atoms with Gasteiger partial charge in [-0.05, 0) is 25.1 Å². The molecule has 0 N–H and O–H groups in total. The quantitative estimate of drug-likeness (QED) is 0.786. The molecule has 1 aliphatic rings. The summed E-state index contributed by atoms with van der Waals surface area (Å²) in [5.74, 6) is 0.0448. The number of nitrogens with zero attached hydrogens (tertiary/aromatic N) is 2. The van der Waals surface area contributed by atoms with Crippen LogP contribution in [0.2, 0.25) is 0 Å². The highest BCUT2D eigenvalue weighted by molar-refractivity contribution is 5.93. The summed E-state index contributed by atoms with van der Waals surface area (Å²) in [6, 6.07) is 10.0. The lowest BCUT2D eigenvalue weighted by Crippen LogP contribution is -2.51. The molecule has 0 aromatic heterocycles. The van der Waals surface area contributed by atoms with Gasteiger partial charge in [-0.25, -0.2) is 5.01 Å². The second kappa shape index (κ2) is 5.80. The molecule has 1 aromatic rings. The van der Waals surface area contributed by atoms with Crippen molar-refractivity contribution in [1.29, 1.82) is 0 Å². The molecule has 0 saturated carbocycles. The zero-order valence-corrected chi connectivity index (χ0v) is 10.1. The number of rotatable bonds is 3. The first-order valence-corrected chi connectivity index (χ1v) is 5.93. The minimum atomic E-state index is 0.0448. The van der Waals surface area contributed by atoms with Gasteiger partial charge in [0.2, 0.25) is 0 Å². The zero-order chi connectivity index (χ0) is 12.1. The maximum Gasteiger partial charge on any atom is 0.268 e. The minimum Gasteiger partial charge on any atom is -0.379 e. The van der Waals surface area contributed by atoms with Gasteiger partial charge in [0.1, 0.15) is 0 Å². The van der Waals surface area contributed by atoms with Crippen molar-refractivity contribution >= 4 is 5.91 Å². The molecule has 0 spiro atoms. The number of morpholine rings is 1. The van der Waals surface area contributed by atoms with Gasteiger partial charge in [0, 0.05) is 25.2 Å². The van der Waals surface area contributed by atoms with E-state index in [1.165, 1.54) is 0 Å². The first kappa shape index (κ1) is 12.1. The van der Waals surface area contributed by atoms with Crippen molar-refractivity contribution in [3.8, 4) is 0 Å². The number of ether oxygens (including phenoxy) is 1. The van der Waals surface area contributed by atoms with E-state index in [-0.39, 0.29) is 5.91 Å². The molecule has 4 heteroatoms. The van der Waals surface area contributed by atoms with Crippen molar-refractivity contribution in [1.82, 2.24) is 10.0 Å². The molecule has 17 heavy (non-hydrogen) atoms. The number of benzene rings is 1. The predicted molar refractivity (Wildman–Crippen MR) is 64.4 cm³/mol.